The highest BCUT2D eigenvalue weighted by atomic mass is 35.5. The van der Waals surface area contributed by atoms with Crippen molar-refractivity contribution >= 4 is 52.5 Å². The van der Waals surface area contributed by atoms with Crippen LogP contribution in [0.5, 0.6) is 0 Å². The summed E-state index contributed by atoms with van der Waals surface area (Å²) >= 11 is 12.0. The van der Waals surface area contributed by atoms with Gasteiger partial charge in [-0.3, -0.25) is 19.4 Å². The van der Waals surface area contributed by atoms with Crippen LogP contribution in [0.4, 0.5) is 17.5 Å². The summed E-state index contributed by atoms with van der Waals surface area (Å²) in [6, 6.07) is 4.62. The average molecular weight is 438 g/mol. The minimum absolute atomic E-state index is 0.0915. The number of H-pyrrole nitrogens is 1. The fourth-order valence-electron chi connectivity index (χ4n) is 3.32. The molecule has 0 bridgehead atoms. The van der Waals surface area contributed by atoms with Crippen LogP contribution in [0.2, 0.25) is 10.0 Å². The normalized spacial score (nSPS) is 18.8. The van der Waals surface area contributed by atoms with E-state index in [0.29, 0.717) is 43.0 Å². The largest absolute Gasteiger partial charge is 0.378 e. The summed E-state index contributed by atoms with van der Waals surface area (Å²) in [7, 11) is 0. The van der Waals surface area contributed by atoms with E-state index < -0.39 is 23.3 Å². The number of anilines is 3. The van der Waals surface area contributed by atoms with Gasteiger partial charge < -0.3 is 20.3 Å². The van der Waals surface area contributed by atoms with Crippen LogP contribution in [0, 0.1) is 0 Å². The van der Waals surface area contributed by atoms with E-state index in [1.807, 2.05) is 4.90 Å². The second-order valence-corrected chi connectivity index (χ2v) is 7.51. The van der Waals surface area contributed by atoms with Crippen LogP contribution >= 0.6 is 23.2 Å². The Hall–Kier alpha value is -2.62. The molecule has 1 aromatic heterocycles. The molecule has 1 aromatic carbocycles. The first-order chi connectivity index (χ1) is 13.9. The summed E-state index contributed by atoms with van der Waals surface area (Å²) in [5.41, 5.74) is -0.0223. The number of rotatable bonds is 3. The van der Waals surface area contributed by atoms with E-state index in [1.54, 1.807) is 12.1 Å². The Morgan fingerprint density at radius 2 is 2.00 bits per heavy atom. The molecule has 29 heavy (non-hydrogen) atoms. The first kappa shape index (κ1) is 19.7. The first-order valence-corrected chi connectivity index (χ1v) is 9.70. The number of aromatic amines is 1. The number of nitrogens with one attached hydrogen (secondary N) is 3. The number of hydrogen-bond acceptors (Lipinski definition) is 6. The van der Waals surface area contributed by atoms with Crippen LogP contribution in [0.15, 0.2) is 23.0 Å². The summed E-state index contributed by atoms with van der Waals surface area (Å²) < 4.78 is 5.30. The number of carbonyl (C=O) groups is 2. The average Bonchev–Trinajstić information content (AvgIpc) is 2.69. The molecule has 4 rings (SSSR count). The van der Waals surface area contributed by atoms with E-state index in [9.17, 15) is 14.4 Å². The predicted molar refractivity (Wildman–Crippen MR) is 109 cm³/mol. The molecule has 152 valence electrons. The molecule has 9 nitrogen and oxygen atoms in total. The van der Waals surface area contributed by atoms with Crippen molar-refractivity contribution in [3.8, 4) is 0 Å². The van der Waals surface area contributed by atoms with Crippen molar-refractivity contribution in [3.05, 3.63) is 44.2 Å². The molecule has 1 atom stereocenters. The lowest BCUT2D eigenvalue weighted by Gasteiger charge is -2.29. The molecule has 0 aliphatic carbocycles. The first-order valence-electron chi connectivity index (χ1n) is 8.95. The van der Waals surface area contributed by atoms with Gasteiger partial charge in [-0.05, 0) is 18.2 Å². The zero-order valence-corrected chi connectivity index (χ0v) is 16.6. The van der Waals surface area contributed by atoms with Crippen molar-refractivity contribution in [1.82, 2.24) is 9.97 Å². The fourth-order valence-corrected chi connectivity index (χ4v) is 3.77. The molecule has 2 aliphatic rings. The number of benzene rings is 1. The number of hydrogen-bond donors (Lipinski definition) is 3. The number of carbonyl (C=O) groups excluding carboxylic acids is 2. The summed E-state index contributed by atoms with van der Waals surface area (Å²) in [5.74, 6) is -1.50. The molecule has 0 saturated carbocycles. The molecule has 2 aromatic rings. The van der Waals surface area contributed by atoms with Gasteiger partial charge in [0, 0.05) is 24.5 Å². The van der Waals surface area contributed by atoms with E-state index in [2.05, 4.69) is 20.6 Å². The zero-order valence-electron chi connectivity index (χ0n) is 15.1. The van der Waals surface area contributed by atoms with Gasteiger partial charge in [0.1, 0.15) is 5.82 Å². The van der Waals surface area contributed by atoms with Crippen molar-refractivity contribution < 1.29 is 14.3 Å². The molecule has 3 N–H and O–H groups in total. The number of morpholine rings is 1. The lowest BCUT2D eigenvalue weighted by molar-refractivity contribution is -0.123. The highest BCUT2D eigenvalue weighted by molar-refractivity contribution is 6.36. The van der Waals surface area contributed by atoms with Crippen molar-refractivity contribution in [2.75, 3.05) is 41.8 Å². The smallest absolute Gasteiger partial charge is 0.258 e. The lowest BCUT2D eigenvalue weighted by atomic mass is 9.92. The Labute approximate surface area is 175 Å². The predicted octanol–water partition coefficient (Wildman–Crippen LogP) is 1.98. The standard InChI is InChI=1S/C18H17Cl2N5O4/c19-9-1-2-12(11(20)7-9)21-16(27)10-8-13(26)22-15-14(10)17(28)24-18(23-15)25-3-5-29-6-4-25/h1-2,7,10H,3-6,8H2,(H,21,27)(H2,22,23,24,26,28). The van der Waals surface area contributed by atoms with Crippen LogP contribution in [0.1, 0.15) is 17.9 Å². The highest BCUT2D eigenvalue weighted by Gasteiger charge is 2.35. The van der Waals surface area contributed by atoms with Gasteiger partial charge in [-0.1, -0.05) is 23.2 Å². The molecule has 1 saturated heterocycles. The molecule has 0 radical (unpaired) electrons. The molecular weight excluding hydrogens is 421 g/mol. The molecule has 2 amide bonds. The number of amides is 2. The quantitative estimate of drug-likeness (QED) is 0.675. The van der Waals surface area contributed by atoms with Crippen molar-refractivity contribution in [2.24, 2.45) is 0 Å². The topological polar surface area (TPSA) is 116 Å². The molecule has 11 heteroatoms. The van der Waals surface area contributed by atoms with Crippen molar-refractivity contribution in [2.45, 2.75) is 12.3 Å². The maximum atomic E-state index is 12.9. The van der Waals surface area contributed by atoms with Gasteiger partial charge in [-0.15, -0.1) is 0 Å². The van der Waals surface area contributed by atoms with Gasteiger partial charge in [-0.25, -0.2) is 0 Å². The number of halogens is 2. The molecule has 3 heterocycles. The third-order valence-electron chi connectivity index (χ3n) is 4.75. The zero-order chi connectivity index (χ0) is 20.5. The van der Waals surface area contributed by atoms with Crippen LogP contribution in [0.25, 0.3) is 0 Å². The summed E-state index contributed by atoms with van der Waals surface area (Å²) in [5, 5.41) is 5.93. The van der Waals surface area contributed by atoms with Gasteiger partial charge in [0.25, 0.3) is 5.56 Å². The van der Waals surface area contributed by atoms with E-state index in [4.69, 9.17) is 27.9 Å². The number of nitrogens with zero attached hydrogens (tertiary/aromatic N) is 2. The van der Waals surface area contributed by atoms with Gasteiger partial charge >= 0.3 is 0 Å². The third kappa shape index (κ3) is 4.07. The fraction of sp³-hybridized carbons (Fsp3) is 0.333. The number of ether oxygens (including phenoxy) is 1. The number of aromatic nitrogens is 2. The van der Waals surface area contributed by atoms with Gasteiger partial charge in [0.05, 0.1) is 35.4 Å². The Bertz CT molecular complexity index is 1040. The van der Waals surface area contributed by atoms with E-state index >= 15 is 0 Å². The number of fused-ring (bicyclic) bond motifs is 1. The molecular formula is C18H17Cl2N5O4. The second kappa shape index (κ2) is 8.02. The summed E-state index contributed by atoms with van der Waals surface area (Å²) in [4.78, 5) is 46.8. The summed E-state index contributed by atoms with van der Waals surface area (Å²) in [6.45, 7) is 2.16. The highest BCUT2D eigenvalue weighted by Crippen LogP contribution is 2.32. The molecule has 1 unspecified atom stereocenters. The van der Waals surface area contributed by atoms with Crippen LogP contribution < -0.4 is 21.1 Å². The molecule has 0 spiro atoms. The van der Waals surface area contributed by atoms with Gasteiger partial charge in [-0.2, -0.15) is 4.98 Å². The van der Waals surface area contributed by atoms with E-state index in [1.165, 1.54) is 6.07 Å². The van der Waals surface area contributed by atoms with E-state index in [-0.39, 0.29) is 22.8 Å². The van der Waals surface area contributed by atoms with E-state index in [0.717, 1.165) is 0 Å². The minimum Gasteiger partial charge on any atom is -0.378 e. The maximum Gasteiger partial charge on any atom is 0.258 e. The maximum absolute atomic E-state index is 12.9. The third-order valence-corrected chi connectivity index (χ3v) is 5.30. The van der Waals surface area contributed by atoms with Crippen molar-refractivity contribution in [1.29, 1.82) is 0 Å². The minimum atomic E-state index is -1.000. The monoisotopic (exact) mass is 437 g/mol. The Balaban J connectivity index is 1.65. The lowest BCUT2D eigenvalue weighted by Crippen LogP contribution is -2.41. The Kier molecular flexibility index (Phi) is 5.44. The molecule has 2 aliphatic heterocycles. The van der Waals surface area contributed by atoms with Crippen molar-refractivity contribution in [3.63, 3.8) is 0 Å². The van der Waals surface area contributed by atoms with Gasteiger partial charge in [0.2, 0.25) is 17.8 Å². The second-order valence-electron chi connectivity index (χ2n) is 6.67. The Morgan fingerprint density at radius 3 is 2.72 bits per heavy atom. The SMILES string of the molecule is O=C1CC(C(=O)Nc2ccc(Cl)cc2Cl)c2c(nc(N3CCOCC3)[nH]c2=O)N1. The molecule has 1 fully saturated rings. The van der Waals surface area contributed by atoms with Crippen LogP contribution in [0.3, 0.4) is 0 Å². The van der Waals surface area contributed by atoms with Gasteiger partial charge in [0.15, 0.2) is 0 Å². The Morgan fingerprint density at radius 1 is 1.24 bits per heavy atom. The summed E-state index contributed by atoms with van der Waals surface area (Å²) in [6.07, 6.45) is -0.175. The van der Waals surface area contributed by atoms with Crippen LogP contribution in [-0.4, -0.2) is 48.1 Å². The van der Waals surface area contributed by atoms with Crippen LogP contribution in [-0.2, 0) is 14.3 Å².